The van der Waals surface area contributed by atoms with Crippen LogP contribution in [0, 0.1) is 5.82 Å². The summed E-state index contributed by atoms with van der Waals surface area (Å²) in [6.07, 6.45) is 1.16. The highest BCUT2D eigenvalue weighted by Gasteiger charge is 2.40. The maximum Gasteiger partial charge on any atom is 0.217 e. The van der Waals surface area contributed by atoms with Crippen molar-refractivity contribution in [3.05, 3.63) is 29.8 Å². The number of amides is 1. The number of carbonyl (C=O) groups is 1. The zero-order chi connectivity index (χ0) is 10.9. The van der Waals surface area contributed by atoms with Crippen LogP contribution in [0.2, 0.25) is 0 Å². The summed E-state index contributed by atoms with van der Waals surface area (Å²) in [6.45, 7) is 2.72. The SMILES string of the molecule is CC(=O)NC1(c2ccc(F)cn2)CNC1. The molecule has 1 aliphatic rings. The first-order chi connectivity index (χ1) is 7.12. The van der Waals surface area contributed by atoms with Gasteiger partial charge in [0.1, 0.15) is 11.4 Å². The highest BCUT2D eigenvalue weighted by Crippen LogP contribution is 2.23. The third-order valence-corrected chi connectivity index (χ3v) is 2.49. The molecule has 1 aromatic heterocycles. The molecule has 4 nitrogen and oxygen atoms in total. The first kappa shape index (κ1) is 10.0. The second-order valence-corrected chi connectivity index (χ2v) is 3.73. The Hall–Kier alpha value is -1.49. The number of nitrogens with zero attached hydrogens (tertiary/aromatic N) is 1. The van der Waals surface area contributed by atoms with Crippen molar-refractivity contribution in [2.45, 2.75) is 12.5 Å². The molecule has 0 atom stereocenters. The van der Waals surface area contributed by atoms with Gasteiger partial charge < -0.3 is 10.6 Å². The summed E-state index contributed by atoms with van der Waals surface area (Å²) in [4.78, 5) is 15.0. The Morgan fingerprint density at radius 3 is 2.73 bits per heavy atom. The molecule has 0 saturated carbocycles. The number of halogens is 1. The van der Waals surface area contributed by atoms with E-state index >= 15 is 0 Å². The fourth-order valence-corrected chi connectivity index (χ4v) is 1.70. The van der Waals surface area contributed by atoms with E-state index in [0.717, 1.165) is 6.20 Å². The molecular formula is C10H12FN3O. The Bertz CT molecular complexity index is 373. The third kappa shape index (κ3) is 1.83. The fourth-order valence-electron chi connectivity index (χ4n) is 1.70. The van der Waals surface area contributed by atoms with Crippen molar-refractivity contribution in [2.75, 3.05) is 13.1 Å². The Morgan fingerprint density at radius 1 is 1.60 bits per heavy atom. The Morgan fingerprint density at radius 2 is 2.33 bits per heavy atom. The van der Waals surface area contributed by atoms with Crippen molar-refractivity contribution < 1.29 is 9.18 Å². The summed E-state index contributed by atoms with van der Waals surface area (Å²) in [5, 5.41) is 5.91. The van der Waals surface area contributed by atoms with Gasteiger partial charge in [0.2, 0.25) is 5.91 Å². The summed E-state index contributed by atoms with van der Waals surface area (Å²) in [5.41, 5.74) is 0.234. The molecule has 0 radical (unpaired) electrons. The average molecular weight is 209 g/mol. The van der Waals surface area contributed by atoms with Crippen LogP contribution in [0.5, 0.6) is 0 Å². The predicted octanol–water partition coefficient (Wildman–Crippen LogP) is 0.155. The molecule has 2 rings (SSSR count). The van der Waals surface area contributed by atoms with Crippen LogP contribution in [0.25, 0.3) is 0 Å². The van der Waals surface area contributed by atoms with Gasteiger partial charge in [-0.1, -0.05) is 0 Å². The highest BCUT2D eigenvalue weighted by molar-refractivity contribution is 5.74. The van der Waals surface area contributed by atoms with Crippen molar-refractivity contribution in [3.8, 4) is 0 Å². The van der Waals surface area contributed by atoms with Crippen LogP contribution < -0.4 is 10.6 Å². The summed E-state index contributed by atoms with van der Waals surface area (Å²) < 4.78 is 12.7. The molecule has 0 aliphatic carbocycles. The van der Waals surface area contributed by atoms with Gasteiger partial charge in [0.15, 0.2) is 0 Å². The van der Waals surface area contributed by atoms with Crippen LogP contribution in [-0.2, 0) is 10.3 Å². The monoisotopic (exact) mass is 209 g/mol. The van der Waals surface area contributed by atoms with Gasteiger partial charge in [-0.15, -0.1) is 0 Å². The van der Waals surface area contributed by atoms with Crippen molar-refractivity contribution in [1.29, 1.82) is 0 Å². The van der Waals surface area contributed by atoms with Gasteiger partial charge in [-0.05, 0) is 12.1 Å². The minimum atomic E-state index is -0.459. The predicted molar refractivity (Wildman–Crippen MR) is 52.6 cm³/mol. The third-order valence-electron chi connectivity index (χ3n) is 2.49. The largest absolute Gasteiger partial charge is 0.343 e. The van der Waals surface area contributed by atoms with Crippen molar-refractivity contribution in [2.24, 2.45) is 0 Å². The van der Waals surface area contributed by atoms with E-state index < -0.39 is 5.54 Å². The second kappa shape index (κ2) is 3.58. The standard InChI is InChI=1S/C10H12FN3O/c1-7(15)14-10(5-12-6-10)9-3-2-8(11)4-13-9/h2-4,12H,5-6H2,1H3,(H,14,15). The zero-order valence-corrected chi connectivity index (χ0v) is 8.38. The summed E-state index contributed by atoms with van der Waals surface area (Å²) in [6, 6.07) is 2.95. The molecular weight excluding hydrogens is 197 g/mol. The molecule has 15 heavy (non-hydrogen) atoms. The number of rotatable bonds is 2. The molecule has 0 aromatic carbocycles. The number of hydrogen-bond acceptors (Lipinski definition) is 3. The van der Waals surface area contributed by atoms with Crippen LogP contribution in [-0.4, -0.2) is 24.0 Å². The first-order valence-electron chi connectivity index (χ1n) is 4.74. The summed E-state index contributed by atoms with van der Waals surface area (Å²) >= 11 is 0. The van der Waals surface area contributed by atoms with E-state index in [1.807, 2.05) is 0 Å². The number of carbonyl (C=O) groups excluding carboxylic acids is 1. The molecule has 0 unspecified atom stereocenters. The van der Waals surface area contributed by atoms with Crippen LogP contribution in [0.3, 0.4) is 0 Å². The maximum absolute atomic E-state index is 12.7. The molecule has 1 saturated heterocycles. The Balaban J connectivity index is 2.26. The van der Waals surface area contributed by atoms with Gasteiger partial charge in [-0.2, -0.15) is 0 Å². The van der Waals surface area contributed by atoms with Gasteiger partial charge in [0, 0.05) is 20.0 Å². The molecule has 0 bridgehead atoms. The molecule has 2 heterocycles. The van der Waals surface area contributed by atoms with Crippen molar-refractivity contribution >= 4 is 5.91 Å². The number of hydrogen-bond donors (Lipinski definition) is 2. The van der Waals surface area contributed by atoms with E-state index in [0.29, 0.717) is 18.8 Å². The lowest BCUT2D eigenvalue weighted by Gasteiger charge is -2.42. The summed E-state index contributed by atoms with van der Waals surface area (Å²) in [7, 11) is 0. The highest BCUT2D eigenvalue weighted by atomic mass is 19.1. The van der Waals surface area contributed by atoms with Gasteiger partial charge in [0.25, 0.3) is 0 Å². The molecule has 1 aliphatic heterocycles. The summed E-state index contributed by atoms with van der Waals surface area (Å²) in [5.74, 6) is -0.480. The molecule has 2 N–H and O–H groups in total. The minimum Gasteiger partial charge on any atom is -0.343 e. The second-order valence-electron chi connectivity index (χ2n) is 3.73. The quantitative estimate of drug-likeness (QED) is 0.729. The van der Waals surface area contributed by atoms with Crippen molar-refractivity contribution in [3.63, 3.8) is 0 Å². The molecule has 1 amide bonds. The van der Waals surface area contributed by atoms with Gasteiger partial charge in [0.05, 0.1) is 11.9 Å². The number of nitrogens with one attached hydrogen (secondary N) is 2. The van der Waals surface area contributed by atoms with E-state index in [4.69, 9.17) is 0 Å². The van der Waals surface area contributed by atoms with Gasteiger partial charge >= 0.3 is 0 Å². The molecule has 1 fully saturated rings. The van der Waals surface area contributed by atoms with E-state index in [2.05, 4.69) is 15.6 Å². The minimum absolute atomic E-state index is 0.109. The van der Waals surface area contributed by atoms with E-state index in [-0.39, 0.29) is 11.7 Å². The lowest BCUT2D eigenvalue weighted by atomic mass is 9.88. The number of aromatic nitrogens is 1. The lowest BCUT2D eigenvalue weighted by Crippen LogP contribution is -2.66. The van der Waals surface area contributed by atoms with E-state index in [1.165, 1.54) is 13.0 Å². The smallest absolute Gasteiger partial charge is 0.217 e. The Labute approximate surface area is 86.9 Å². The topological polar surface area (TPSA) is 54.0 Å². The maximum atomic E-state index is 12.7. The van der Waals surface area contributed by atoms with Crippen LogP contribution in [0.4, 0.5) is 4.39 Å². The lowest BCUT2D eigenvalue weighted by molar-refractivity contribution is -0.121. The molecule has 1 aromatic rings. The van der Waals surface area contributed by atoms with Gasteiger partial charge in [-0.25, -0.2) is 4.39 Å². The van der Waals surface area contributed by atoms with Crippen LogP contribution in [0.15, 0.2) is 18.3 Å². The molecule has 80 valence electrons. The van der Waals surface area contributed by atoms with E-state index in [9.17, 15) is 9.18 Å². The average Bonchev–Trinajstić information content (AvgIpc) is 2.13. The van der Waals surface area contributed by atoms with Gasteiger partial charge in [-0.3, -0.25) is 9.78 Å². The molecule has 5 heteroatoms. The fraction of sp³-hybridized carbons (Fsp3) is 0.400. The number of pyridine rings is 1. The van der Waals surface area contributed by atoms with E-state index in [1.54, 1.807) is 6.07 Å². The Kier molecular flexibility index (Phi) is 2.40. The van der Waals surface area contributed by atoms with Crippen LogP contribution >= 0.6 is 0 Å². The van der Waals surface area contributed by atoms with Crippen LogP contribution in [0.1, 0.15) is 12.6 Å². The van der Waals surface area contributed by atoms with Crippen molar-refractivity contribution in [1.82, 2.24) is 15.6 Å². The zero-order valence-electron chi connectivity index (χ0n) is 8.38. The normalized spacial score (nSPS) is 18.0. The molecule has 0 spiro atoms. The first-order valence-corrected chi connectivity index (χ1v) is 4.74.